The van der Waals surface area contributed by atoms with Crippen molar-refractivity contribution in [3.8, 4) is 6.07 Å². The van der Waals surface area contributed by atoms with E-state index < -0.39 is 5.97 Å². The van der Waals surface area contributed by atoms with Gasteiger partial charge in [0, 0.05) is 13.1 Å². The van der Waals surface area contributed by atoms with E-state index >= 15 is 0 Å². The van der Waals surface area contributed by atoms with Gasteiger partial charge in [0.15, 0.2) is 0 Å². The van der Waals surface area contributed by atoms with Gasteiger partial charge in [0.2, 0.25) is 0 Å². The molecule has 0 saturated carbocycles. The SMILES string of the molecule is CC1CC(C(=O)O)CN(c2cccc(C#N)n2)C1. The number of rotatable bonds is 2. The van der Waals surface area contributed by atoms with Crippen molar-refractivity contribution in [1.29, 1.82) is 5.26 Å². The quantitative estimate of drug-likeness (QED) is 0.854. The van der Waals surface area contributed by atoms with Gasteiger partial charge in [0.05, 0.1) is 5.92 Å². The lowest BCUT2D eigenvalue weighted by Crippen LogP contribution is -2.43. The molecule has 0 aliphatic carbocycles. The van der Waals surface area contributed by atoms with Crippen molar-refractivity contribution in [3.63, 3.8) is 0 Å². The Kier molecular flexibility index (Phi) is 3.47. The number of aliphatic carboxylic acids is 1. The number of aromatic nitrogens is 1. The van der Waals surface area contributed by atoms with Crippen molar-refractivity contribution in [1.82, 2.24) is 4.98 Å². The largest absolute Gasteiger partial charge is 0.481 e. The van der Waals surface area contributed by atoms with Crippen LogP contribution in [0.25, 0.3) is 0 Å². The monoisotopic (exact) mass is 245 g/mol. The van der Waals surface area contributed by atoms with E-state index in [4.69, 9.17) is 10.4 Å². The molecule has 0 aromatic carbocycles. The van der Waals surface area contributed by atoms with Gasteiger partial charge in [0.1, 0.15) is 17.6 Å². The lowest BCUT2D eigenvalue weighted by Gasteiger charge is -2.35. The number of carboxylic acid groups (broad SMARTS) is 1. The van der Waals surface area contributed by atoms with Gasteiger partial charge in [-0.05, 0) is 24.5 Å². The lowest BCUT2D eigenvalue weighted by molar-refractivity contribution is -0.142. The predicted octanol–water partition coefficient (Wildman–Crippen LogP) is 1.50. The van der Waals surface area contributed by atoms with Crippen LogP contribution in [0.5, 0.6) is 0 Å². The minimum absolute atomic E-state index is 0.312. The molecule has 5 nitrogen and oxygen atoms in total. The lowest BCUT2D eigenvalue weighted by atomic mass is 9.90. The van der Waals surface area contributed by atoms with Crippen molar-refractivity contribution in [2.75, 3.05) is 18.0 Å². The Morgan fingerprint density at radius 3 is 3.00 bits per heavy atom. The zero-order valence-electron chi connectivity index (χ0n) is 10.2. The smallest absolute Gasteiger partial charge is 0.308 e. The maximum atomic E-state index is 11.1. The van der Waals surface area contributed by atoms with Crippen LogP contribution < -0.4 is 4.90 Å². The second-order valence-corrected chi connectivity index (χ2v) is 4.77. The summed E-state index contributed by atoms with van der Waals surface area (Å²) in [4.78, 5) is 17.3. The van der Waals surface area contributed by atoms with Gasteiger partial charge in [-0.2, -0.15) is 5.26 Å². The van der Waals surface area contributed by atoms with Gasteiger partial charge in [-0.3, -0.25) is 4.79 Å². The van der Waals surface area contributed by atoms with E-state index in [9.17, 15) is 4.79 Å². The Bertz CT molecular complexity index is 495. The van der Waals surface area contributed by atoms with Crippen molar-refractivity contribution in [2.45, 2.75) is 13.3 Å². The maximum absolute atomic E-state index is 11.1. The van der Waals surface area contributed by atoms with E-state index in [2.05, 4.69) is 4.98 Å². The molecule has 1 fully saturated rings. The number of carboxylic acids is 1. The van der Waals surface area contributed by atoms with E-state index in [1.807, 2.05) is 24.0 Å². The van der Waals surface area contributed by atoms with Crippen LogP contribution in [0.15, 0.2) is 18.2 Å². The Morgan fingerprint density at radius 2 is 2.33 bits per heavy atom. The molecule has 1 aromatic heterocycles. The molecule has 0 amide bonds. The fourth-order valence-electron chi connectivity index (χ4n) is 2.38. The molecule has 1 aliphatic rings. The van der Waals surface area contributed by atoms with Gasteiger partial charge in [-0.15, -0.1) is 0 Å². The summed E-state index contributed by atoms with van der Waals surface area (Å²) in [5.74, 6) is -0.122. The van der Waals surface area contributed by atoms with Gasteiger partial charge in [0.25, 0.3) is 0 Å². The van der Waals surface area contributed by atoms with Crippen molar-refractivity contribution in [3.05, 3.63) is 23.9 Å². The number of pyridine rings is 1. The third kappa shape index (κ3) is 2.59. The molecule has 2 atom stereocenters. The number of nitriles is 1. The van der Waals surface area contributed by atoms with Gasteiger partial charge in [-0.25, -0.2) is 4.98 Å². The van der Waals surface area contributed by atoms with Crippen LogP contribution in [0, 0.1) is 23.2 Å². The number of hydrogen-bond acceptors (Lipinski definition) is 4. The molecule has 1 saturated heterocycles. The molecule has 94 valence electrons. The summed E-state index contributed by atoms with van der Waals surface area (Å²) in [6, 6.07) is 7.23. The summed E-state index contributed by atoms with van der Waals surface area (Å²) >= 11 is 0. The topological polar surface area (TPSA) is 77.2 Å². The summed E-state index contributed by atoms with van der Waals surface area (Å²) in [5, 5.41) is 17.9. The number of piperidine rings is 1. The molecule has 1 aliphatic heterocycles. The number of anilines is 1. The zero-order valence-corrected chi connectivity index (χ0v) is 10.2. The third-order valence-electron chi connectivity index (χ3n) is 3.18. The molecule has 18 heavy (non-hydrogen) atoms. The van der Waals surface area contributed by atoms with Crippen LogP contribution in [-0.2, 0) is 4.79 Å². The highest BCUT2D eigenvalue weighted by Gasteiger charge is 2.30. The summed E-state index contributed by atoms with van der Waals surface area (Å²) in [7, 11) is 0. The fraction of sp³-hybridized carbons (Fsp3) is 0.462. The number of nitrogens with zero attached hydrogens (tertiary/aromatic N) is 3. The molecule has 2 rings (SSSR count). The second-order valence-electron chi connectivity index (χ2n) is 4.77. The highest BCUT2D eigenvalue weighted by Crippen LogP contribution is 2.25. The van der Waals surface area contributed by atoms with E-state index in [0.717, 1.165) is 6.54 Å². The molecule has 0 radical (unpaired) electrons. The van der Waals surface area contributed by atoms with Gasteiger partial charge >= 0.3 is 5.97 Å². The first-order valence-corrected chi connectivity index (χ1v) is 5.95. The summed E-state index contributed by atoms with van der Waals surface area (Å²) in [6.45, 7) is 3.28. The van der Waals surface area contributed by atoms with E-state index in [-0.39, 0.29) is 5.92 Å². The first-order chi connectivity index (χ1) is 8.60. The zero-order chi connectivity index (χ0) is 13.1. The van der Waals surface area contributed by atoms with Crippen LogP contribution in [-0.4, -0.2) is 29.1 Å². The summed E-state index contributed by atoms with van der Waals surface area (Å²) in [5.41, 5.74) is 0.359. The van der Waals surface area contributed by atoms with Crippen LogP contribution in [0.3, 0.4) is 0 Å². The Hall–Kier alpha value is -2.09. The fourth-order valence-corrected chi connectivity index (χ4v) is 2.38. The minimum atomic E-state index is -0.761. The molecule has 1 aromatic rings. The normalized spacial score (nSPS) is 23.4. The second kappa shape index (κ2) is 5.05. The van der Waals surface area contributed by atoms with Crippen LogP contribution in [0.1, 0.15) is 19.0 Å². The van der Waals surface area contributed by atoms with Crippen molar-refractivity contribution >= 4 is 11.8 Å². The average molecular weight is 245 g/mol. The minimum Gasteiger partial charge on any atom is -0.481 e. The van der Waals surface area contributed by atoms with Crippen molar-refractivity contribution < 1.29 is 9.90 Å². The Labute approximate surface area is 106 Å². The third-order valence-corrected chi connectivity index (χ3v) is 3.18. The van der Waals surface area contributed by atoms with Gasteiger partial charge in [-0.1, -0.05) is 13.0 Å². The molecule has 1 N–H and O–H groups in total. The number of hydrogen-bond donors (Lipinski definition) is 1. The molecule has 2 unspecified atom stereocenters. The molecule has 0 bridgehead atoms. The Balaban J connectivity index is 2.21. The molecule has 5 heteroatoms. The highest BCUT2D eigenvalue weighted by molar-refractivity contribution is 5.71. The first kappa shape index (κ1) is 12.4. The van der Waals surface area contributed by atoms with Crippen molar-refractivity contribution in [2.24, 2.45) is 11.8 Å². The molecule has 0 spiro atoms. The standard InChI is InChI=1S/C13H15N3O2/c1-9-5-10(13(17)18)8-16(7-9)12-4-2-3-11(6-14)15-12/h2-4,9-10H,5,7-8H2,1H3,(H,17,18). The molecular formula is C13H15N3O2. The maximum Gasteiger partial charge on any atom is 0.308 e. The predicted molar refractivity (Wildman–Crippen MR) is 66.1 cm³/mol. The molecular weight excluding hydrogens is 230 g/mol. The number of carbonyl (C=O) groups is 1. The van der Waals surface area contributed by atoms with E-state index in [1.54, 1.807) is 12.1 Å². The molecule has 2 heterocycles. The summed E-state index contributed by atoms with van der Waals surface area (Å²) in [6.07, 6.45) is 0.698. The Morgan fingerprint density at radius 1 is 1.56 bits per heavy atom. The van der Waals surface area contributed by atoms with Crippen LogP contribution in [0.4, 0.5) is 5.82 Å². The highest BCUT2D eigenvalue weighted by atomic mass is 16.4. The van der Waals surface area contributed by atoms with Crippen LogP contribution in [0.2, 0.25) is 0 Å². The first-order valence-electron chi connectivity index (χ1n) is 5.95. The van der Waals surface area contributed by atoms with E-state index in [0.29, 0.717) is 30.4 Å². The summed E-state index contributed by atoms with van der Waals surface area (Å²) < 4.78 is 0. The average Bonchev–Trinajstić information content (AvgIpc) is 2.38. The van der Waals surface area contributed by atoms with Crippen LogP contribution >= 0.6 is 0 Å². The van der Waals surface area contributed by atoms with E-state index in [1.165, 1.54) is 0 Å². The van der Waals surface area contributed by atoms with Gasteiger partial charge < -0.3 is 10.0 Å².